The van der Waals surface area contributed by atoms with Gasteiger partial charge in [-0.2, -0.15) is 0 Å². The van der Waals surface area contributed by atoms with Gasteiger partial charge >= 0.3 is 0 Å². The highest BCUT2D eigenvalue weighted by Gasteiger charge is 2.12. The summed E-state index contributed by atoms with van der Waals surface area (Å²) in [4.78, 5) is 0. The number of aliphatic hydroxyl groups excluding tert-OH is 1. The van der Waals surface area contributed by atoms with Gasteiger partial charge in [-0.25, -0.2) is 4.39 Å². The molecule has 1 nitrogen and oxygen atoms in total. The molecular formula is C15H22ClFO. The van der Waals surface area contributed by atoms with Gasteiger partial charge in [0.1, 0.15) is 5.82 Å². The van der Waals surface area contributed by atoms with Gasteiger partial charge in [0.15, 0.2) is 0 Å². The van der Waals surface area contributed by atoms with Crippen LogP contribution in [0.2, 0.25) is 5.02 Å². The standard InChI is InChI=1S/C15H22ClFO/c1-10(2)13-7-12(8-14(16)15(13)17)6-4-5-11(3)9-18/h7-8,10-11,18H,4-6,9H2,1-3H3/t11-/m1/s1. The Morgan fingerprint density at radius 3 is 2.50 bits per heavy atom. The van der Waals surface area contributed by atoms with E-state index in [-0.39, 0.29) is 23.4 Å². The monoisotopic (exact) mass is 272 g/mol. The zero-order valence-electron chi connectivity index (χ0n) is 11.3. The van der Waals surface area contributed by atoms with E-state index in [1.165, 1.54) is 0 Å². The Bertz CT molecular complexity index is 390. The first kappa shape index (κ1) is 15.5. The molecule has 0 radical (unpaired) electrons. The SMILES string of the molecule is CC(C)c1cc(CCC[C@@H](C)CO)cc(Cl)c1F. The smallest absolute Gasteiger partial charge is 0.145 e. The van der Waals surface area contributed by atoms with E-state index < -0.39 is 0 Å². The molecule has 1 atom stereocenters. The summed E-state index contributed by atoms with van der Waals surface area (Å²) >= 11 is 5.92. The van der Waals surface area contributed by atoms with Gasteiger partial charge in [0.05, 0.1) is 5.02 Å². The van der Waals surface area contributed by atoms with Gasteiger partial charge in [-0.15, -0.1) is 0 Å². The van der Waals surface area contributed by atoms with Crippen LogP contribution in [0.3, 0.4) is 0 Å². The van der Waals surface area contributed by atoms with Crippen LogP contribution in [0.15, 0.2) is 12.1 Å². The van der Waals surface area contributed by atoms with Crippen molar-refractivity contribution in [3.8, 4) is 0 Å². The average Bonchev–Trinajstić information content (AvgIpc) is 2.32. The minimum atomic E-state index is -0.292. The Morgan fingerprint density at radius 2 is 1.94 bits per heavy atom. The molecule has 0 aliphatic rings. The van der Waals surface area contributed by atoms with E-state index in [1.807, 2.05) is 26.8 Å². The molecule has 0 fully saturated rings. The molecule has 3 heteroatoms. The van der Waals surface area contributed by atoms with Crippen molar-refractivity contribution in [2.45, 2.75) is 46.0 Å². The molecule has 1 aromatic carbocycles. The fourth-order valence-corrected chi connectivity index (χ4v) is 2.23. The van der Waals surface area contributed by atoms with E-state index in [2.05, 4.69) is 0 Å². The van der Waals surface area contributed by atoms with Gasteiger partial charge in [0.25, 0.3) is 0 Å². The van der Waals surface area contributed by atoms with E-state index in [0.717, 1.165) is 24.8 Å². The van der Waals surface area contributed by atoms with Crippen molar-refractivity contribution in [3.05, 3.63) is 34.1 Å². The molecule has 0 aliphatic heterocycles. The molecule has 102 valence electrons. The van der Waals surface area contributed by atoms with Gasteiger partial charge in [-0.05, 0) is 48.3 Å². The van der Waals surface area contributed by atoms with Crippen LogP contribution < -0.4 is 0 Å². The summed E-state index contributed by atoms with van der Waals surface area (Å²) in [5, 5.41) is 9.17. The quantitative estimate of drug-likeness (QED) is 0.805. The summed E-state index contributed by atoms with van der Waals surface area (Å²) in [6, 6.07) is 3.63. The number of hydrogen-bond acceptors (Lipinski definition) is 1. The van der Waals surface area contributed by atoms with Gasteiger partial charge in [-0.3, -0.25) is 0 Å². The maximum absolute atomic E-state index is 13.8. The lowest BCUT2D eigenvalue weighted by Gasteiger charge is -2.12. The third kappa shape index (κ3) is 4.25. The fraction of sp³-hybridized carbons (Fsp3) is 0.600. The molecule has 0 saturated carbocycles. The molecule has 0 amide bonds. The highest BCUT2D eigenvalue weighted by atomic mass is 35.5. The maximum atomic E-state index is 13.8. The second-order valence-electron chi connectivity index (χ2n) is 5.32. The van der Waals surface area contributed by atoms with Crippen LogP contribution >= 0.6 is 11.6 Å². The molecule has 0 bridgehead atoms. The molecule has 18 heavy (non-hydrogen) atoms. The van der Waals surface area contributed by atoms with E-state index in [9.17, 15) is 4.39 Å². The van der Waals surface area contributed by atoms with Crippen molar-refractivity contribution in [3.63, 3.8) is 0 Å². The van der Waals surface area contributed by atoms with Crippen molar-refractivity contribution in [1.29, 1.82) is 0 Å². The lowest BCUT2D eigenvalue weighted by molar-refractivity contribution is 0.228. The summed E-state index contributed by atoms with van der Waals surface area (Å²) in [5.41, 5.74) is 1.77. The summed E-state index contributed by atoms with van der Waals surface area (Å²) in [7, 11) is 0. The van der Waals surface area contributed by atoms with E-state index in [4.69, 9.17) is 16.7 Å². The molecule has 0 unspecified atom stereocenters. The van der Waals surface area contributed by atoms with Crippen LogP contribution in [0.25, 0.3) is 0 Å². The van der Waals surface area contributed by atoms with Crippen LogP contribution in [0.4, 0.5) is 4.39 Å². The third-order valence-electron chi connectivity index (χ3n) is 3.21. The van der Waals surface area contributed by atoms with Gasteiger partial charge in [-0.1, -0.05) is 38.4 Å². The molecule has 0 saturated heterocycles. The fourth-order valence-electron chi connectivity index (χ4n) is 1.98. The van der Waals surface area contributed by atoms with Crippen molar-refractivity contribution >= 4 is 11.6 Å². The minimum absolute atomic E-state index is 0.138. The Morgan fingerprint density at radius 1 is 1.28 bits per heavy atom. The molecule has 1 N–H and O–H groups in total. The summed E-state index contributed by atoms with van der Waals surface area (Å²) < 4.78 is 13.8. The topological polar surface area (TPSA) is 20.2 Å². The van der Waals surface area contributed by atoms with E-state index >= 15 is 0 Å². The zero-order valence-corrected chi connectivity index (χ0v) is 12.1. The number of aliphatic hydroxyl groups is 1. The Hall–Kier alpha value is -0.600. The lowest BCUT2D eigenvalue weighted by atomic mass is 9.96. The highest BCUT2D eigenvalue weighted by molar-refractivity contribution is 6.30. The predicted octanol–water partition coefficient (Wildman–Crippen LogP) is 4.55. The van der Waals surface area contributed by atoms with Crippen LogP contribution in [-0.4, -0.2) is 11.7 Å². The maximum Gasteiger partial charge on any atom is 0.145 e. The average molecular weight is 273 g/mol. The second-order valence-corrected chi connectivity index (χ2v) is 5.72. The molecule has 1 aromatic rings. The largest absolute Gasteiger partial charge is 0.396 e. The van der Waals surface area contributed by atoms with Gasteiger partial charge < -0.3 is 5.11 Å². The first-order chi connectivity index (χ1) is 8.45. The Labute approximate surface area is 114 Å². The molecule has 0 heterocycles. The highest BCUT2D eigenvalue weighted by Crippen LogP contribution is 2.27. The van der Waals surface area contributed by atoms with Crippen molar-refractivity contribution in [2.24, 2.45) is 5.92 Å². The van der Waals surface area contributed by atoms with Crippen LogP contribution in [0.5, 0.6) is 0 Å². The molecule has 0 aliphatic carbocycles. The van der Waals surface area contributed by atoms with Crippen molar-refractivity contribution in [1.82, 2.24) is 0 Å². The number of halogens is 2. The van der Waals surface area contributed by atoms with Gasteiger partial charge in [0, 0.05) is 6.61 Å². The summed E-state index contributed by atoms with van der Waals surface area (Å²) in [6.45, 7) is 6.18. The first-order valence-corrected chi connectivity index (χ1v) is 6.92. The van der Waals surface area contributed by atoms with Crippen LogP contribution in [-0.2, 0) is 6.42 Å². The first-order valence-electron chi connectivity index (χ1n) is 6.54. The second kappa shape index (κ2) is 7.10. The molecule has 0 spiro atoms. The summed E-state index contributed by atoms with van der Waals surface area (Å²) in [5.74, 6) is 0.170. The normalized spacial score (nSPS) is 13.1. The van der Waals surface area contributed by atoms with Crippen LogP contribution in [0, 0.1) is 11.7 Å². The van der Waals surface area contributed by atoms with Crippen molar-refractivity contribution < 1.29 is 9.50 Å². The van der Waals surface area contributed by atoms with Crippen molar-refractivity contribution in [2.75, 3.05) is 6.61 Å². The number of aryl methyl sites for hydroxylation is 1. The predicted molar refractivity (Wildman–Crippen MR) is 74.7 cm³/mol. The Balaban J connectivity index is 2.72. The zero-order chi connectivity index (χ0) is 13.7. The number of hydrogen-bond donors (Lipinski definition) is 1. The van der Waals surface area contributed by atoms with Gasteiger partial charge in [0.2, 0.25) is 0 Å². The summed E-state index contributed by atoms with van der Waals surface area (Å²) in [6.07, 6.45) is 2.84. The number of rotatable bonds is 6. The van der Waals surface area contributed by atoms with E-state index in [1.54, 1.807) is 6.07 Å². The molecule has 1 rings (SSSR count). The minimum Gasteiger partial charge on any atom is -0.396 e. The van der Waals surface area contributed by atoms with Crippen LogP contribution in [0.1, 0.15) is 50.7 Å². The molecular weight excluding hydrogens is 251 g/mol. The lowest BCUT2D eigenvalue weighted by Crippen LogP contribution is -2.02. The number of benzene rings is 1. The van der Waals surface area contributed by atoms with E-state index in [0.29, 0.717) is 11.5 Å². The Kier molecular flexibility index (Phi) is 6.10. The molecule has 0 aromatic heterocycles. The third-order valence-corrected chi connectivity index (χ3v) is 3.49.